The first-order valence-electron chi connectivity index (χ1n) is 7.68. The Bertz CT molecular complexity index is 392. The van der Waals surface area contributed by atoms with Crippen molar-refractivity contribution in [1.82, 2.24) is 0 Å². The van der Waals surface area contributed by atoms with E-state index in [2.05, 4.69) is 32.9 Å². The molecule has 0 saturated heterocycles. The van der Waals surface area contributed by atoms with Crippen LogP contribution in [-0.4, -0.2) is 12.1 Å². The second-order valence-electron chi connectivity index (χ2n) is 6.45. The number of nitrogens with zero attached hydrogens (tertiary/aromatic N) is 1. The van der Waals surface area contributed by atoms with E-state index in [1.54, 1.807) is 0 Å². The van der Waals surface area contributed by atoms with Crippen LogP contribution in [0.1, 0.15) is 59.8 Å². The Morgan fingerprint density at radius 3 is 2.60 bits per heavy atom. The van der Waals surface area contributed by atoms with Crippen molar-refractivity contribution in [3.63, 3.8) is 0 Å². The number of carbonyl (C=O) groups excluding carboxylic acids is 1. The molecule has 0 aromatic heterocycles. The zero-order valence-electron chi connectivity index (χ0n) is 13.2. The molecule has 0 aromatic carbocycles. The average Bonchev–Trinajstić information content (AvgIpc) is 2.37. The third-order valence-electron chi connectivity index (χ3n) is 4.10. The summed E-state index contributed by atoms with van der Waals surface area (Å²) in [6.45, 7) is 8.04. The van der Waals surface area contributed by atoms with Gasteiger partial charge in [-0.3, -0.25) is 4.79 Å². The van der Waals surface area contributed by atoms with Crippen LogP contribution in [0.4, 0.5) is 0 Å². The molecular formula is C17H27NO2. The van der Waals surface area contributed by atoms with Crippen molar-refractivity contribution in [1.29, 1.82) is 5.26 Å². The second kappa shape index (κ2) is 8.09. The van der Waals surface area contributed by atoms with Crippen LogP contribution in [0.2, 0.25) is 0 Å². The topological polar surface area (TPSA) is 50.1 Å². The molecular weight excluding hydrogens is 250 g/mol. The van der Waals surface area contributed by atoms with E-state index >= 15 is 0 Å². The molecule has 0 radical (unpaired) electrons. The molecule has 0 aromatic rings. The highest BCUT2D eigenvalue weighted by atomic mass is 16.5. The molecule has 0 saturated carbocycles. The number of rotatable bonds is 6. The predicted molar refractivity (Wildman–Crippen MR) is 79.8 cm³/mol. The van der Waals surface area contributed by atoms with Gasteiger partial charge in [0, 0.05) is 12.5 Å². The zero-order chi connectivity index (χ0) is 15.1. The Morgan fingerprint density at radius 2 is 2.15 bits per heavy atom. The van der Waals surface area contributed by atoms with Crippen LogP contribution in [0.15, 0.2) is 11.6 Å². The summed E-state index contributed by atoms with van der Waals surface area (Å²) in [4.78, 5) is 11.2. The van der Waals surface area contributed by atoms with Crippen LogP contribution in [0.5, 0.6) is 0 Å². The Balaban J connectivity index is 2.53. The smallest absolute Gasteiger partial charge is 0.302 e. The van der Waals surface area contributed by atoms with Gasteiger partial charge in [-0.15, -0.1) is 0 Å². The SMILES string of the molecule is CC(=O)OC(CC(C)C)CC(C)C1CC=C(C#N)CC1. The molecule has 20 heavy (non-hydrogen) atoms. The van der Waals surface area contributed by atoms with Gasteiger partial charge in [-0.2, -0.15) is 5.26 Å². The lowest BCUT2D eigenvalue weighted by Crippen LogP contribution is -2.25. The van der Waals surface area contributed by atoms with Gasteiger partial charge >= 0.3 is 5.97 Å². The van der Waals surface area contributed by atoms with E-state index in [0.29, 0.717) is 17.8 Å². The summed E-state index contributed by atoms with van der Waals surface area (Å²) < 4.78 is 5.46. The van der Waals surface area contributed by atoms with Crippen molar-refractivity contribution in [2.75, 3.05) is 0 Å². The summed E-state index contributed by atoms with van der Waals surface area (Å²) in [5, 5.41) is 8.88. The van der Waals surface area contributed by atoms with Gasteiger partial charge in [0.1, 0.15) is 6.10 Å². The lowest BCUT2D eigenvalue weighted by molar-refractivity contribution is -0.148. The Morgan fingerprint density at radius 1 is 1.45 bits per heavy atom. The lowest BCUT2D eigenvalue weighted by Gasteiger charge is -2.29. The standard InChI is InChI=1S/C17H27NO2/c1-12(2)9-17(20-14(4)19)10-13(3)16-7-5-15(11-18)6-8-16/h5,12-13,16-17H,6-10H2,1-4H3. The van der Waals surface area contributed by atoms with E-state index < -0.39 is 0 Å². The van der Waals surface area contributed by atoms with Gasteiger partial charge < -0.3 is 4.74 Å². The number of carbonyl (C=O) groups is 1. The molecule has 3 nitrogen and oxygen atoms in total. The number of nitriles is 1. The molecule has 1 aliphatic rings. The van der Waals surface area contributed by atoms with Gasteiger partial charge in [-0.1, -0.05) is 26.8 Å². The van der Waals surface area contributed by atoms with Gasteiger partial charge in [0.25, 0.3) is 0 Å². The number of hydrogen-bond acceptors (Lipinski definition) is 3. The summed E-state index contributed by atoms with van der Waals surface area (Å²) in [5.41, 5.74) is 0.923. The highest BCUT2D eigenvalue weighted by molar-refractivity contribution is 5.66. The van der Waals surface area contributed by atoms with Crippen LogP contribution in [0.3, 0.4) is 0 Å². The fraction of sp³-hybridized carbons (Fsp3) is 0.765. The van der Waals surface area contributed by atoms with E-state index in [1.165, 1.54) is 6.92 Å². The fourth-order valence-corrected chi connectivity index (χ4v) is 3.03. The van der Waals surface area contributed by atoms with E-state index in [0.717, 1.165) is 37.7 Å². The zero-order valence-corrected chi connectivity index (χ0v) is 13.2. The van der Waals surface area contributed by atoms with Crippen LogP contribution >= 0.6 is 0 Å². The Hall–Kier alpha value is -1.30. The third kappa shape index (κ3) is 5.77. The maximum atomic E-state index is 11.2. The van der Waals surface area contributed by atoms with Gasteiger partial charge in [0.15, 0.2) is 0 Å². The van der Waals surface area contributed by atoms with Gasteiger partial charge in [-0.05, 0) is 49.9 Å². The van der Waals surface area contributed by atoms with E-state index in [1.807, 2.05) is 0 Å². The summed E-state index contributed by atoms with van der Waals surface area (Å²) in [6, 6.07) is 2.25. The van der Waals surface area contributed by atoms with E-state index in [4.69, 9.17) is 10.00 Å². The molecule has 0 N–H and O–H groups in total. The van der Waals surface area contributed by atoms with Crippen molar-refractivity contribution < 1.29 is 9.53 Å². The summed E-state index contributed by atoms with van der Waals surface area (Å²) in [5.74, 6) is 1.48. The molecule has 0 fully saturated rings. The van der Waals surface area contributed by atoms with Gasteiger partial charge in [-0.25, -0.2) is 0 Å². The Labute approximate surface area is 123 Å². The van der Waals surface area contributed by atoms with Gasteiger partial charge in [0.05, 0.1) is 6.07 Å². The van der Waals surface area contributed by atoms with Crippen LogP contribution in [-0.2, 0) is 9.53 Å². The molecule has 1 aliphatic carbocycles. The molecule has 112 valence electrons. The summed E-state index contributed by atoms with van der Waals surface area (Å²) in [6.07, 6.45) is 6.92. The van der Waals surface area contributed by atoms with Crippen molar-refractivity contribution in [2.45, 2.75) is 65.9 Å². The van der Waals surface area contributed by atoms with Crippen LogP contribution < -0.4 is 0 Å². The van der Waals surface area contributed by atoms with Crippen molar-refractivity contribution in [3.8, 4) is 6.07 Å². The van der Waals surface area contributed by atoms with Crippen molar-refractivity contribution in [2.24, 2.45) is 17.8 Å². The quantitative estimate of drug-likeness (QED) is 0.682. The molecule has 3 heteroatoms. The van der Waals surface area contributed by atoms with Crippen LogP contribution in [0, 0.1) is 29.1 Å². The molecule has 3 unspecified atom stereocenters. The van der Waals surface area contributed by atoms with Crippen molar-refractivity contribution in [3.05, 3.63) is 11.6 Å². The number of ether oxygens (including phenoxy) is 1. The number of hydrogen-bond donors (Lipinski definition) is 0. The molecule has 0 bridgehead atoms. The molecule has 1 rings (SSSR count). The molecule has 3 atom stereocenters. The minimum atomic E-state index is -0.182. The minimum Gasteiger partial charge on any atom is -0.463 e. The molecule has 0 heterocycles. The Kier molecular flexibility index (Phi) is 6.78. The largest absolute Gasteiger partial charge is 0.463 e. The van der Waals surface area contributed by atoms with Crippen molar-refractivity contribution >= 4 is 5.97 Å². The fourth-order valence-electron chi connectivity index (χ4n) is 3.03. The molecule has 0 aliphatic heterocycles. The minimum absolute atomic E-state index is 0.0313. The first-order valence-corrected chi connectivity index (χ1v) is 7.68. The average molecular weight is 277 g/mol. The molecule has 0 spiro atoms. The second-order valence-corrected chi connectivity index (χ2v) is 6.45. The maximum Gasteiger partial charge on any atom is 0.302 e. The monoisotopic (exact) mass is 277 g/mol. The maximum absolute atomic E-state index is 11.2. The summed E-state index contributed by atoms with van der Waals surface area (Å²) in [7, 11) is 0. The van der Waals surface area contributed by atoms with E-state index in [-0.39, 0.29) is 12.1 Å². The lowest BCUT2D eigenvalue weighted by atomic mass is 9.79. The molecule has 0 amide bonds. The number of allylic oxidation sites excluding steroid dienone is 2. The number of esters is 1. The van der Waals surface area contributed by atoms with E-state index in [9.17, 15) is 4.79 Å². The third-order valence-corrected chi connectivity index (χ3v) is 4.10. The highest BCUT2D eigenvalue weighted by Gasteiger charge is 2.25. The van der Waals surface area contributed by atoms with Crippen LogP contribution in [0.25, 0.3) is 0 Å². The predicted octanol–water partition coefficient (Wildman–Crippen LogP) is 4.24. The van der Waals surface area contributed by atoms with Gasteiger partial charge in [0.2, 0.25) is 0 Å². The highest BCUT2D eigenvalue weighted by Crippen LogP contribution is 2.32. The normalized spacial score (nSPS) is 21.8. The first-order chi connectivity index (χ1) is 9.42. The summed E-state index contributed by atoms with van der Waals surface area (Å²) >= 11 is 0. The first kappa shape index (κ1) is 16.8.